The van der Waals surface area contributed by atoms with Crippen molar-refractivity contribution in [2.24, 2.45) is 0 Å². The summed E-state index contributed by atoms with van der Waals surface area (Å²) in [7, 11) is 0. The van der Waals surface area contributed by atoms with Crippen LogP contribution in [0.1, 0.15) is 18.4 Å². The van der Waals surface area contributed by atoms with Gasteiger partial charge in [0.15, 0.2) is 0 Å². The molecule has 0 unspecified atom stereocenters. The molecule has 1 saturated heterocycles. The lowest BCUT2D eigenvalue weighted by Gasteiger charge is -2.13. The predicted molar refractivity (Wildman–Crippen MR) is 75.4 cm³/mol. The van der Waals surface area contributed by atoms with Gasteiger partial charge in [-0.3, -0.25) is 0 Å². The summed E-state index contributed by atoms with van der Waals surface area (Å²) in [4.78, 5) is 5.92. The molecule has 0 saturated carbocycles. The molecule has 90 valence electrons. The number of rotatable bonds is 3. The van der Waals surface area contributed by atoms with Gasteiger partial charge in [0, 0.05) is 28.1 Å². The largest absolute Gasteiger partial charge is 0.361 e. The van der Waals surface area contributed by atoms with E-state index in [1.54, 1.807) is 0 Å². The van der Waals surface area contributed by atoms with E-state index in [4.69, 9.17) is 0 Å². The van der Waals surface area contributed by atoms with E-state index in [0.717, 1.165) is 10.9 Å². The third-order valence-electron chi connectivity index (χ3n) is 3.63. The summed E-state index contributed by atoms with van der Waals surface area (Å²) < 4.78 is 1.16. The molecule has 1 aliphatic rings. The lowest BCUT2D eigenvalue weighted by Crippen LogP contribution is -2.21. The van der Waals surface area contributed by atoms with Crippen LogP contribution < -0.4 is 0 Å². The lowest BCUT2D eigenvalue weighted by molar-refractivity contribution is 0.344. The SMILES string of the molecule is Brc1ccc2[nH]cc(CCN3CCCC3)c2c1. The average molecular weight is 293 g/mol. The number of fused-ring (bicyclic) bond motifs is 1. The highest BCUT2D eigenvalue weighted by atomic mass is 79.9. The number of aromatic nitrogens is 1. The smallest absolute Gasteiger partial charge is 0.0457 e. The molecule has 0 atom stereocenters. The average Bonchev–Trinajstić information content (AvgIpc) is 2.94. The number of nitrogens with zero attached hydrogens (tertiary/aromatic N) is 1. The first kappa shape index (κ1) is 11.3. The van der Waals surface area contributed by atoms with Crippen LogP contribution in [-0.4, -0.2) is 29.5 Å². The van der Waals surface area contributed by atoms with Gasteiger partial charge in [-0.15, -0.1) is 0 Å². The van der Waals surface area contributed by atoms with Crippen LogP contribution in [0.2, 0.25) is 0 Å². The van der Waals surface area contributed by atoms with Crippen molar-refractivity contribution < 1.29 is 0 Å². The molecule has 1 aromatic heterocycles. The summed E-state index contributed by atoms with van der Waals surface area (Å²) in [5, 5.41) is 1.36. The maximum Gasteiger partial charge on any atom is 0.0457 e. The normalized spacial score (nSPS) is 17.0. The van der Waals surface area contributed by atoms with E-state index in [9.17, 15) is 0 Å². The molecule has 1 aliphatic heterocycles. The zero-order valence-corrected chi connectivity index (χ0v) is 11.5. The fourth-order valence-electron chi connectivity index (χ4n) is 2.64. The van der Waals surface area contributed by atoms with E-state index < -0.39 is 0 Å². The van der Waals surface area contributed by atoms with E-state index in [2.05, 4.69) is 50.2 Å². The molecule has 1 N–H and O–H groups in total. The Labute approximate surface area is 110 Å². The molecule has 2 heterocycles. The van der Waals surface area contributed by atoms with Gasteiger partial charge in [0.25, 0.3) is 0 Å². The van der Waals surface area contributed by atoms with Gasteiger partial charge >= 0.3 is 0 Å². The van der Waals surface area contributed by atoms with Crippen molar-refractivity contribution in [3.8, 4) is 0 Å². The minimum absolute atomic E-state index is 1.15. The van der Waals surface area contributed by atoms with Crippen molar-refractivity contribution in [1.82, 2.24) is 9.88 Å². The maximum absolute atomic E-state index is 3.54. The highest BCUT2D eigenvalue weighted by molar-refractivity contribution is 9.10. The highest BCUT2D eigenvalue weighted by Gasteiger charge is 2.12. The second kappa shape index (κ2) is 4.83. The van der Waals surface area contributed by atoms with Gasteiger partial charge in [-0.1, -0.05) is 15.9 Å². The Kier molecular flexibility index (Phi) is 3.21. The summed E-state index contributed by atoms with van der Waals surface area (Å²) in [5.74, 6) is 0. The lowest BCUT2D eigenvalue weighted by atomic mass is 10.1. The molecule has 3 heteroatoms. The van der Waals surface area contributed by atoms with Crippen LogP contribution >= 0.6 is 15.9 Å². The monoisotopic (exact) mass is 292 g/mol. The Morgan fingerprint density at radius 1 is 1.24 bits per heavy atom. The first-order valence-electron chi connectivity index (χ1n) is 6.31. The van der Waals surface area contributed by atoms with Gasteiger partial charge < -0.3 is 9.88 Å². The molecule has 3 rings (SSSR count). The first-order valence-corrected chi connectivity index (χ1v) is 7.10. The van der Waals surface area contributed by atoms with Crippen LogP contribution in [0.3, 0.4) is 0 Å². The molecule has 0 bridgehead atoms. The zero-order chi connectivity index (χ0) is 11.7. The quantitative estimate of drug-likeness (QED) is 0.916. The maximum atomic E-state index is 3.54. The molecule has 0 radical (unpaired) electrons. The van der Waals surface area contributed by atoms with Crippen molar-refractivity contribution in [2.75, 3.05) is 19.6 Å². The summed E-state index contributed by atoms with van der Waals surface area (Å²) >= 11 is 3.54. The van der Waals surface area contributed by atoms with Crippen molar-refractivity contribution >= 4 is 26.8 Å². The van der Waals surface area contributed by atoms with Gasteiger partial charge in [-0.05, 0) is 56.1 Å². The van der Waals surface area contributed by atoms with Crippen molar-refractivity contribution in [3.05, 3.63) is 34.4 Å². The number of nitrogens with one attached hydrogen (secondary N) is 1. The van der Waals surface area contributed by atoms with Crippen LogP contribution in [0.4, 0.5) is 0 Å². The number of hydrogen-bond acceptors (Lipinski definition) is 1. The summed E-state index contributed by atoms with van der Waals surface area (Å²) in [5.41, 5.74) is 2.68. The van der Waals surface area contributed by atoms with Gasteiger partial charge in [-0.2, -0.15) is 0 Å². The van der Waals surface area contributed by atoms with E-state index in [1.165, 1.54) is 48.9 Å². The number of hydrogen-bond donors (Lipinski definition) is 1. The molecular formula is C14H17BrN2. The topological polar surface area (TPSA) is 19.0 Å². The molecule has 17 heavy (non-hydrogen) atoms. The number of likely N-dealkylation sites (tertiary alicyclic amines) is 1. The van der Waals surface area contributed by atoms with Crippen LogP contribution in [0.15, 0.2) is 28.9 Å². The second-order valence-corrected chi connectivity index (χ2v) is 5.72. The number of aromatic amines is 1. The van der Waals surface area contributed by atoms with Crippen molar-refractivity contribution in [1.29, 1.82) is 0 Å². The predicted octanol–water partition coefficient (Wildman–Crippen LogP) is 3.57. The Balaban J connectivity index is 1.77. The number of H-pyrrole nitrogens is 1. The Bertz CT molecular complexity index is 512. The zero-order valence-electron chi connectivity index (χ0n) is 9.88. The molecular weight excluding hydrogens is 276 g/mol. The van der Waals surface area contributed by atoms with Crippen molar-refractivity contribution in [3.63, 3.8) is 0 Å². The second-order valence-electron chi connectivity index (χ2n) is 4.80. The molecule has 2 nitrogen and oxygen atoms in total. The minimum atomic E-state index is 1.15. The molecule has 1 aromatic carbocycles. The van der Waals surface area contributed by atoms with Gasteiger partial charge in [0.2, 0.25) is 0 Å². The summed E-state index contributed by atoms with van der Waals surface area (Å²) in [6.07, 6.45) is 6.06. The van der Waals surface area contributed by atoms with Gasteiger partial charge in [0.05, 0.1) is 0 Å². The van der Waals surface area contributed by atoms with Gasteiger partial charge in [-0.25, -0.2) is 0 Å². The number of benzene rings is 1. The fraction of sp³-hybridized carbons (Fsp3) is 0.429. The molecule has 2 aromatic rings. The number of halogens is 1. The Hall–Kier alpha value is -0.800. The van der Waals surface area contributed by atoms with E-state index >= 15 is 0 Å². The molecule has 0 spiro atoms. The van der Waals surface area contributed by atoms with Crippen LogP contribution in [0, 0.1) is 0 Å². The van der Waals surface area contributed by atoms with E-state index in [1.807, 2.05) is 0 Å². The molecule has 1 fully saturated rings. The summed E-state index contributed by atoms with van der Waals surface area (Å²) in [6.45, 7) is 3.76. The summed E-state index contributed by atoms with van der Waals surface area (Å²) in [6, 6.07) is 6.44. The van der Waals surface area contributed by atoms with Gasteiger partial charge in [0.1, 0.15) is 0 Å². The third kappa shape index (κ3) is 2.40. The third-order valence-corrected chi connectivity index (χ3v) is 4.12. The van der Waals surface area contributed by atoms with E-state index in [-0.39, 0.29) is 0 Å². The van der Waals surface area contributed by atoms with Crippen LogP contribution in [0.5, 0.6) is 0 Å². The van der Waals surface area contributed by atoms with Crippen LogP contribution in [-0.2, 0) is 6.42 Å². The first-order chi connectivity index (χ1) is 8.33. The fourth-order valence-corrected chi connectivity index (χ4v) is 3.00. The molecule has 0 amide bonds. The standard InChI is InChI=1S/C14H17BrN2/c15-12-3-4-14-13(9-12)11(10-16-14)5-8-17-6-1-2-7-17/h3-4,9-10,16H,1-2,5-8H2. The Morgan fingerprint density at radius 2 is 2.06 bits per heavy atom. The molecule has 0 aliphatic carbocycles. The van der Waals surface area contributed by atoms with Crippen molar-refractivity contribution in [2.45, 2.75) is 19.3 Å². The minimum Gasteiger partial charge on any atom is -0.361 e. The van der Waals surface area contributed by atoms with Crippen LogP contribution in [0.25, 0.3) is 10.9 Å². The highest BCUT2D eigenvalue weighted by Crippen LogP contribution is 2.23. The van der Waals surface area contributed by atoms with E-state index in [0.29, 0.717) is 0 Å². The Morgan fingerprint density at radius 3 is 2.88 bits per heavy atom.